The molecule has 2 N–H and O–H groups in total. The third-order valence-corrected chi connectivity index (χ3v) is 6.32. The van der Waals surface area contributed by atoms with E-state index in [1.165, 1.54) is 30.3 Å². The topological polar surface area (TPSA) is 119 Å². The normalized spacial score (nSPS) is 16.7. The summed E-state index contributed by atoms with van der Waals surface area (Å²) in [6, 6.07) is 10.7. The number of piperazine rings is 1. The van der Waals surface area contributed by atoms with Crippen LogP contribution in [-0.4, -0.2) is 74.6 Å². The van der Waals surface area contributed by atoms with Crippen molar-refractivity contribution in [3.8, 4) is 11.5 Å². The Morgan fingerprint density at radius 1 is 1.09 bits per heavy atom. The fourth-order valence-corrected chi connectivity index (χ4v) is 4.45. The molecule has 0 aliphatic carbocycles. The van der Waals surface area contributed by atoms with Gasteiger partial charge >= 0.3 is 0 Å². The Bertz CT molecular complexity index is 1160. The number of benzene rings is 2. The Kier molecular flexibility index (Phi) is 9.06. The van der Waals surface area contributed by atoms with Gasteiger partial charge in [-0.2, -0.15) is 0 Å². The Morgan fingerprint density at radius 3 is 2.43 bits per heavy atom. The maximum atomic E-state index is 13.1. The van der Waals surface area contributed by atoms with E-state index in [1.807, 2.05) is 6.92 Å². The molecule has 12 heteroatoms. The molecule has 1 saturated heterocycles. The van der Waals surface area contributed by atoms with E-state index in [9.17, 15) is 22.4 Å². The van der Waals surface area contributed by atoms with E-state index in [0.717, 1.165) is 5.56 Å². The van der Waals surface area contributed by atoms with Crippen LogP contribution in [0.2, 0.25) is 5.02 Å². The lowest BCUT2D eigenvalue weighted by Crippen LogP contribution is -2.54. The van der Waals surface area contributed by atoms with E-state index in [4.69, 9.17) is 26.2 Å². The minimum Gasteiger partial charge on any atom is -0.482 e. The molecule has 35 heavy (non-hydrogen) atoms. The Balaban J connectivity index is 1.53. The number of carbonyl (C=O) groups is 2. The van der Waals surface area contributed by atoms with E-state index in [1.54, 1.807) is 17.0 Å². The molecule has 1 heterocycles. The van der Waals surface area contributed by atoms with Crippen LogP contribution >= 0.6 is 11.6 Å². The van der Waals surface area contributed by atoms with Crippen LogP contribution in [0, 0.1) is 5.82 Å². The van der Waals surface area contributed by atoms with Crippen LogP contribution in [0.15, 0.2) is 42.5 Å². The monoisotopic (exact) mass is 527 g/mol. The van der Waals surface area contributed by atoms with Gasteiger partial charge in [-0.05, 0) is 36.8 Å². The number of carbonyl (C=O) groups excluding carboxylic acids is 2. The maximum Gasteiger partial charge on any atom is 0.260 e. The van der Waals surface area contributed by atoms with Crippen LogP contribution in [0.4, 0.5) is 4.39 Å². The molecule has 0 unspecified atom stereocenters. The van der Waals surface area contributed by atoms with Crippen molar-refractivity contribution in [1.29, 1.82) is 0 Å². The van der Waals surface area contributed by atoms with Crippen molar-refractivity contribution in [2.45, 2.75) is 19.5 Å². The molecule has 1 aliphatic rings. The molecular weight excluding hydrogens is 501 g/mol. The van der Waals surface area contributed by atoms with Crippen molar-refractivity contribution in [3.05, 3.63) is 58.9 Å². The van der Waals surface area contributed by atoms with Gasteiger partial charge in [0.05, 0.1) is 0 Å². The first-order valence-electron chi connectivity index (χ1n) is 10.8. The molecule has 9 nitrogen and oxygen atoms in total. The number of nitrogens with zero attached hydrogens (tertiary/aromatic N) is 2. The standard InChI is InChI=1S/C23H27ClFN3O6S/c1-16-11-27(12-17-2-5-19(25)6-3-17)8-9-28(16)23(30)14-34-21-7-4-18(24)10-22(21)33-13-20(29)15-35(26,31)32/h2-7,10,16H,8-9,11-15H2,1H3,(H2,26,31,32)/t16-/m1/s1. The SMILES string of the molecule is C[C@@H]1CN(Cc2ccc(F)cc2)CCN1C(=O)COc1ccc(Cl)cc1OCC(=O)CS(N)(=O)=O. The van der Waals surface area contributed by atoms with Crippen LogP contribution in [0.25, 0.3) is 0 Å². The molecule has 0 spiro atoms. The second kappa shape index (κ2) is 11.8. The highest BCUT2D eigenvalue weighted by molar-refractivity contribution is 7.89. The maximum absolute atomic E-state index is 13.1. The van der Waals surface area contributed by atoms with Gasteiger partial charge in [-0.3, -0.25) is 14.5 Å². The van der Waals surface area contributed by atoms with Gasteiger partial charge in [0.1, 0.15) is 18.2 Å². The van der Waals surface area contributed by atoms with Gasteiger partial charge < -0.3 is 14.4 Å². The molecule has 2 aromatic rings. The van der Waals surface area contributed by atoms with E-state index >= 15 is 0 Å². The zero-order valence-electron chi connectivity index (χ0n) is 19.2. The van der Waals surface area contributed by atoms with Gasteiger partial charge in [0.25, 0.3) is 5.91 Å². The lowest BCUT2D eigenvalue weighted by Gasteiger charge is -2.39. The summed E-state index contributed by atoms with van der Waals surface area (Å²) in [6.07, 6.45) is 0. The Hall–Kier alpha value is -2.73. The van der Waals surface area contributed by atoms with Crippen molar-refractivity contribution in [3.63, 3.8) is 0 Å². The van der Waals surface area contributed by atoms with E-state index in [-0.39, 0.29) is 35.9 Å². The van der Waals surface area contributed by atoms with E-state index in [0.29, 0.717) is 31.2 Å². The van der Waals surface area contributed by atoms with Gasteiger partial charge in [-0.1, -0.05) is 23.7 Å². The Morgan fingerprint density at radius 2 is 1.77 bits per heavy atom. The average molecular weight is 528 g/mol. The van der Waals surface area contributed by atoms with Crippen molar-refractivity contribution in [2.24, 2.45) is 5.14 Å². The number of hydrogen-bond donors (Lipinski definition) is 1. The molecule has 2 aromatic carbocycles. The minimum absolute atomic E-state index is 0.0583. The van der Waals surface area contributed by atoms with Crippen molar-refractivity contribution in [2.75, 3.05) is 38.6 Å². The molecule has 1 aliphatic heterocycles. The highest BCUT2D eigenvalue weighted by Gasteiger charge is 2.28. The second-order valence-electron chi connectivity index (χ2n) is 8.31. The lowest BCUT2D eigenvalue weighted by atomic mass is 10.1. The second-order valence-corrected chi connectivity index (χ2v) is 10.4. The predicted octanol–water partition coefficient (Wildman–Crippen LogP) is 1.83. The molecular formula is C23H27ClFN3O6S. The van der Waals surface area contributed by atoms with Gasteiger partial charge in [0.15, 0.2) is 23.9 Å². The number of halogens is 2. The number of amides is 1. The highest BCUT2D eigenvalue weighted by atomic mass is 35.5. The van der Waals surface area contributed by atoms with E-state index < -0.39 is 28.2 Å². The van der Waals surface area contributed by atoms with E-state index in [2.05, 4.69) is 4.90 Å². The van der Waals surface area contributed by atoms with Crippen LogP contribution in [-0.2, 0) is 26.2 Å². The van der Waals surface area contributed by atoms with Crippen LogP contribution in [0.1, 0.15) is 12.5 Å². The zero-order chi connectivity index (χ0) is 25.6. The third-order valence-electron chi connectivity index (χ3n) is 5.36. The molecule has 190 valence electrons. The summed E-state index contributed by atoms with van der Waals surface area (Å²) in [5, 5.41) is 5.17. The zero-order valence-corrected chi connectivity index (χ0v) is 20.7. The summed E-state index contributed by atoms with van der Waals surface area (Å²) in [5.74, 6) is -1.79. The number of ether oxygens (including phenoxy) is 2. The van der Waals surface area contributed by atoms with Gasteiger partial charge in [-0.15, -0.1) is 0 Å². The molecule has 1 atom stereocenters. The molecule has 0 radical (unpaired) electrons. The highest BCUT2D eigenvalue weighted by Crippen LogP contribution is 2.30. The molecule has 0 saturated carbocycles. The summed E-state index contributed by atoms with van der Waals surface area (Å²) in [7, 11) is -3.96. The first-order valence-corrected chi connectivity index (χ1v) is 12.9. The van der Waals surface area contributed by atoms with Gasteiger partial charge in [-0.25, -0.2) is 17.9 Å². The van der Waals surface area contributed by atoms with Crippen molar-refractivity contribution < 1.29 is 31.9 Å². The molecule has 0 aromatic heterocycles. The smallest absolute Gasteiger partial charge is 0.260 e. The summed E-state index contributed by atoms with van der Waals surface area (Å²) in [5.41, 5.74) is 1.000. The fraction of sp³-hybridized carbons (Fsp3) is 0.391. The summed E-state index contributed by atoms with van der Waals surface area (Å²) in [4.78, 5) is 28.5. The Labute approximate surface area is 208 Å². The predicted molar refractivity (Wildman–Crippen MR) is 128 cm³/mol. The summed E-state index contributed by atoms with van der Waals surface area (Å²) in [6.45, 7) is 3.64. The minimum atomic E-state index is -3.96. The van der Waals surface area contributed by atoms with Gasteiger partial charge in [0.2, 0.25) is 10.0 Å². The number of rotatable bonds is 10. The number of ketones is 1. The quantitative estimate of drug-likeness (QED) is 0.500. The number of sulfonamides is 1. The number of hydrogen-bond acceptors (Lipinski definition) is 7. The molecule has 1 fully saturated rings. The molecule has 1 amide bonds. The van der Waals surface area contributed by atoms with Crippen molar-refractivity contribution >= 4 is 33.3 Å². The molecule has 3 rings (SSSR count). The lowest BCUT2D eigenvalue weighted by molar-refractivity contribution is -0.138. The first kappa shape index (κ1) is 26.9. The molecule has 0 bridgehead atoms. The fourth-order valence-electron chi connectivity index (χ4n) is 3.76. The van der Waals surface area contributed by atoms with Crippen LogP contribution in [0.3, 0.4) is 0 Å². The number of primary sulfonamides is 1. The van der Waals surface area contributed by atoms with Crippen LogP contribution < -0.4 is 14.6 Å². The summed E-state index contributed by atoms with van der Waals surface area (Å²) >= 11 is 5.99. The number of Topliss-reactive ketones (excluding diaryl/α,β-unsaturated/α-hetero) is 1. The third kappa shape index (κ3) is 8.46. The largest absolute Gasteiger partial charge is 0.482 e. The van der Waals surface area contributed by atoms with Crippen molar-refractivity contribution in [1.82, 2.24) is 9.80 Å². The van der Waals surface area contributed by atoms with Crippen LogP contribution in [0.5, 0.6) is 11.5 Å². The summed E-state index contributed by atoms with van der Waals surface area (Å²) < 4.78 is 46.2. The first-order chi connectivity index (χ1) is 16.5. The number of nitrogens with two attached hydrogens (primary N) is 1. The van der Waals surface area contributed by atoms with Gasteiger partial charge in [0, 0.05) is 43.3 Å². The average Bonchev–Trinajstić information content (AvgIpc) is 2.77.